The van der Waals surface area contributed by atoms with Gasteiger partial charge in [-0.25, -0.2) is 4.79 Å². The van der Waals surface area contributed by atoms with Crippen molar-refractivity contribution in [3.8, 4) is 0 Å². The minimum Gasteiger partial charge on any atom is -0.434 e. The lowest BCUT2D eigenvalue weighted by Crippen LogP contribution is -2.27. The van der Waals surface area contributed by atoms with Crippen molar-refractivity contribution in [2.75, 3.05) is 13.3 Å². The highest BCUT2D eigenvalue weighted by molar-refractivity contribution is 5.66. The average Bonchev–Trinajstić information content (AvgIpc) is 1.89. The maximum absolute atomic E-state index is 10.5. The molecule has 0 bridgehead atoms. The predicted molar refractivity (Wildman–Crippen MR) is 38.4 cm³/mol. The van der Waals surface area contributed by atoms with Gasteiger partial charge in [0.15, 0.2) is 0 Å². The molecule has 0 aliphatic rings. The molecule has 0 atom stereocenters. The third-order valence-corrected chi connectivity index (χ3v) is 1.01. The number of rotatable bonds is 4. The second-order valence-corrected chi connectivity index (χ2v) is 1.88. The van der Waals surface area contributed by atoms with Crippen molar-refractivity contribution in [2.24, 2.45) is 5.73 Å². The summed E-state index contributed by atoms with van der Waals surface area (Å²) >= 11 is 0. The number of carbonyl (C=O) groups excluding carboxylic acids is 1. The van der Waals surface area contributed by atoms with Crippen LogP contribution in [-0.2, 0) is 4.74 Å². The third-order valence-electron chi connectivity index (χ3n) is 1.01. The highest BCUT2D eigenvalue weighted by Crippen LogP contribution is 1.82. The van der Waals surface area contributed by atoms with Gasteiger partial charge in [0, 0.05) is 6.54 Å². The summed E-state index contributed by atoms with van der Waals surface area (Å²) in [7, 11) is 0. The Labute approximate surface area is 60.7 Å². The molecule has 4 nitrogen and oxygen atoms in total. The second kappa shape index (κ2) is 6.35. The van der Waals surface area contributed by atoms with Gasteiger partial charge in [0.1, 0.15) is 6.73 Å². The van der Waals surface area contributed by atoms with E-state index in [4.69, 9.17) is 5.73 Å². The summed E-state index contributed by atoms with van der Waals surface area (Å²) in [5, 5.41) is 2.54. The molecule has 60 valence electrons. The Kier molecular flexibility index (Phi) is 5.86. The molecule has 0 aromatic heterocycles. The molecule has 0 fully saturated rings. The summed E-state index contributed by atoms with van der Waals surface area (Å²) in [6.07, 6.45) is 1.60. The van der Waals surface area contributed by atoms with Crippen LogP contribution in [0.5, 0.6) is 0 Å². The molecular weight excluding hydrogens is 132 g/mol. The number of nitrogens with one attached hydrogen (secondary N) is 1. The van der Waals surface area contributed by atoms with E-state index in [1.165, 1.54) is 0 Å². The van der Waals surface area contributed by atoms with Crippen molar-refractivity contribution in [3.63, 3.8) is 0 Å². The lowest BCUT2D eigenvalue weighted by molar-refractivity contribution is 0.149. The van der Waals surface area contributed by atoms with Gasteiger partial charge in [0.25, 0.3) is 0 Å². The smallest absolute Gasteiger partial charge is 0.408 e. The van der Waals surface area contributed by atoms with E-state index >= 15 is 0 Å². The second-order valence-electron chi connectivity index (χ2n) is 1.88. The number of hydrogen-bond donors (Lipinski definition) is 2. The molecule has 0 rings (SSSR count). The molecule has 0 radical (unpaired) electrons. The first-order valence-corrected chi connectivity index (χ1v) is 3.42. The Morgan fingerprint density at radius 3 is 2.90 bits per heavy atom. The zero-order chi connectivity index (χ0) is 7.82. The third kappa shape index (κ3) is 5.37. The molecule has 3 N–H and O–H groups in total. The molecule has 0 aliphatic heterocycles. The number of unbranched alkanes of at least 4 members (excludes halogenated alkanes) is 1. The van der Waals surface area contributed by atoms with Gasteiger partial charge in [-0.3, -0.25) is 5.73 Å². The number of alkyl carbamates (subject to hydrolysis) is 1. The first-order valence-electron chi connectivity index (χ1n) is 3.42. The number of hydrogen-bond acceptors (Lipinski definition) is 3. The highest BCUT2D eigenvalue weighted by atomic mass is 16.6. The summed E-state index contributed by atoms with van der Waals surface area (Å²) in [5.74, 6) is 0. The van der Waals surface area contributed by atoms with E-state index < -0.39 is 6.09 Å². The maximum atomic E-state index is 10.5. The van der Waals surface area contributed by atoms with Crippen molar-refractivity contribution in [2.45, 2.75) is 19.8 Å². The summed E-state index contributed by atoms with van der Waals surface area (Å²) in [6.45, 7) is 2.66. The fourth-order valence-corrected chi connectivity index (χ4v) is 0.494. The summed E-state index contributed by atoms with van der Waals surface area (Å²) < 4.78 is 4.42. The van der Waals surface area contributed by atoms with Gasteiger partial charge in [0.2, 0.25) is 0 Å². The normalized spacial score (nSPS) is 9.00. The van der Waals surface area contributed by atoms with E-state index in [0.29, 0.717) is 6.54 Å². The summed E-state index contributed by atoms with van der Waals surface area (Å²) in [6, 6.07) is 0. The van der Waals surface area contributed by atoms with Gasteiger partial charge in [-0.15, -0.1) is 0 Å². The van der Waals surface area contributed by atoms with Gasteiger partial charge in [-0.2, -0.15) is 0 Å². The number of ether oxygens (including phenoxy) is 1. The lowest BCUT2D eigenvalue weighted by atomic mass is 10.3. The van der Waals surface area contributed by atoms with E-state index in [-0.39, 0.29) is 6.73 Å². The number of nitrogens with two attached hydrogens (primary N) is 1. The van der Waals surface area contributed by atoms with Crippen LogP contribution in [0.25, 0.3) is 0 Å². The van der Waals surface area contributed by atoms with E-state index in [0.717, 1.165) is 12.8 Å². The molecule has 1 amide bonds. The maximum Gasteiger partial charge on any atom is 0.408 e. The zero-order valence-corrected chi connectivity index (χ0v) is 6.22. The van der Waals surface area contributed by atoms with Crippen LogP contribution in [-0.4, -0.2) is 19.4 Å². The van der Waals surface area contributed by atoms with E-state index in [2.05, 4.69) is 17.0 Å². The molecule has 4 heteroatoms. The largest absolute Gasteiger partial charge is 0.434 e. The van der Waals surface area contributed by atoms with Gasteiger partial charge in [-0.05, 0) is 6.42 Å². The molecule has 10 heavy (non-hydrogen) atoms. The van der Waals surface area contributed by atoms with Crippen LogP contribution in [0.1, 0.15) is 19.8 Å². The van der Waals surface area contributed by atoms with Gasteiger partial charge >= 0.3 is 6.09 Å². The minimum absolute atomic E-state index is 0.0576. The van der Waals surface area contributed by atoms with Crippen LogP contribution in [0.2, 0.25) is 0 Å². The van der Waals surface area contributed by atoms with Gasteiger partial charge in [0.05, 0.1) is 0 Å². The minimum atomic E-state index is -0.434. The Morgan fingerprint density at radius 1 is 1.70 bits per heavy atom. The summed E-state index contributed by atoms with van der Waals surface area (Å²) in [4.78, 5) is 10.5. The standard InChI is InChI=1S/C6H14N2O2/c1-2-3-4-8-6(9)10-5-7/h2-5,7H2,1H3,(H,8,9). The average molecular weight is 146 g/mol. The molecular formula is C6H14N2O2. The quantitative estimate of drug-likeness (QED) is 0.446. The lowest BCUT2D eigenvalue weighted by Gasteiger charge is -2.02. The topological polar surface area (TPSA) is 64.3 Å². The Morgan fingerprint density at radius 2 is 2.40 bits per heavy atom. The molecule has 0 saturated heterocycles. The monoisotopic (exact) mass is 146 g/mol. The fourth-order valence-electron chi connectivity index (χ4n) is 0.494. The van der Waals surface area contributed by atoms with Crippen molar-refractivity contribution >= 4 is 6.09 Å². The molecule has 0 saturated carbocycles. The SMILES string of the molecule is CCCCNC(=O)OCN. The van der Waals surface area contributed by atoms with Crippen LogP contribution < -0.4 is 11.1 Å². The predicted octanol–water partition coefficient (Wildman–Crippen LogP) is 0.429. The zero-order valence-electron chi connectivity index (χ0n) is 6.22. The molecule has 0 aromatic carbocycles. The van der Waals surface area contributed by atoms with Crippen molar-refractivity contribution in [1.82, 2.24) is 5.32 Å². The Hall–Kier alpha value is -0.770. The first-order chi connectivity index (χ1) is 4.81. The highest BCUT2D eigenvalue weighted by Gasteiger charge is 1.95. The van der Waals surface area contributed by atoms with Crippen molar-refractivity contribution < 1.29 is 9.53 Å². The Bertz CT molecular complexity index is 95.7. The van der Waals surface area contributed by atoms with Crippen LogP contribution >= 0.6 is 0 Å². The fraction of sp³-hybridized carbons (Fsp3) is 0.833. The van der Waals surface area contributed by atoms with E-state index in [1.807, 2.05) is 0 Å². The molecule has 0 spiro atoms. The van der Waals surface area contributed by atoms with Crippen molar-refractivity contribution in [3.05, 3.63) is 0 Å². The molecule has 0 unspecified atom stereocenters. The van der Waals surface area contributed by atoms with Gasteiger partial charge < -0.3 is 10.1 Å². The number of carbonyl (C=O) groups is 1. The Balaban J connectivity index is 3.05. The van der Waals surface area contributed by atoms with E-state index in [1.54, 1.807) is 0 Å². The molecule has 0 heterocycles. The van der Waals surface area contributed by atoms with Crippen LogP contribution in [0, 0.1) is 0 Å². The summed E-state index contributed by atoms with van der Waals surface area (Å²) in [5.41, 5.74) is 4.95. The van der Waals surface area contributed by atoms with Crippen molar-refractivity contribution in [1.29, 1.82) is 0 Å². The van der Waals surface area contributed by atoms with Crippen LogP contribution in [0.15, 0.2) is 0 Å². The van der Waals surface area contributed by atoms with E-state index in [9.17, 15) is 4.79 Å². The van der Waals surface area contributed by atoms with Crippen LogP contribution in [0.3, 0.4) is 0 Å². The molecule has 0 aromatic rings. The van der Waals surface area contributed by atoms with Gasteiger partial charge in [-0.1, -0.05) is 13.3 Å². The van der Waals surface area contributed by atoms with Crippen LogP contribution in [0.4, 0.5) is 4.79 Å². The molecule has 0 aliphatic carbocycles. The number of amides is 1. The first kappa shape index (κ1) is 9.23.